The van der Waals surface area contributed by atoms with Gasteiger partial charge in [-0.1, -0.05) is 35.3 Å². The molecule has 0 saturated carbocycles. The molecule has 19 heavy (non-hydrogen) atoms. The highest BCUT2D eigenvalue weighted by Crippen LogP contribution is 2.21. The van der Waals surface area contributed by atoms with Crippen LogP contribution in [0.15, 0.2) is 53.4 Å². The summed E-state index contributed by atoms with van der Waals surface area (Å²) in [5.74, 6) is 0.869. The minimum absolute atomic E-state index is 0.110. The SMILES string of the molecule is NC(CSc1ccc(Cl)cc1)Cc1cccc(Cl)c1. The first-order valence-corrected chi connectivity index (χ1v) is 7.76. The lowest BCUT2D eigenvalue weighted by Crippen LogP contribution is -2.25. The van der Waals surface area contributed by atoms with E-state index in [0.29, 0.717) is 0 Å². The molecule has 100 valence electrons. The zero-order chi connectivity index (χ0) is 13.7. The Morgan fingerprint density at radius 2 is 1.74 bits per heavy atom. The molecule has 0 bridgehead atoms. The van der Waals surface area contributed by atoms with Crippen LogP contribution in [0.3, 0.4) is 0 Å². The number of nitrogens with two attached hydrogens (primary N) is 1. The summed E-state index contributed by atoms with van der Waals surface area (Å²) in [5.41, 5.74) is 7.32. The van der Waals surface area contributed by atoms with Crippen LogP contribution in [-0.2, 0) is 6.42 Å². The third-order valence-electron chi connectivity index (χ3n) is 2.66. The fourth-order valence-corrected chi connectivity index (χ4v) is 2.95. The van der Waals surface area contributed by atoms with Crippen LogP contribution in [0.4, 0.5) is 0 Å². The van der Waals surface area contributed by atoms with Crippen molar-refractivity contribution in [1.29, 1.82) is 0 Å². The summed E-state index contributed by atoms with van der Waals surface area (Å²) in [5, 5.41) is 1.52. The average Bonchev–Trinajstić information content (AvgIpc) is 2.38. The average molecular weight is 312 g/mol. The number of thioether (sulfide) groups is 1. The highest BCUT2D eigenvalue weighted by molar-refractivity contribution is 7.99. The summed E-state index contributed by atoms with van der Waals surface area (Å²) >= 11 is 13.6. The van der Waals surface area contributed by atoms with Gasteiger partial charge in [0.1, 0.15) is 0 Å². The maximum atomic E-state index is 6.14. The second kappa shape index (κ2) is 7.20. The largest absolute Gasteiger partial charge is 0.327 e. The highest BCUT2D eigenvalue weighted by atomic mass is 35.5. The molecule has 0 aliphatic heterocycles. The molecule has 0 saturated heterocycles. The third kappa shape index (κ3) is 5.07. The fraction of sp³-hybridized carbons (Fsp3) is 0.200. The summed E-state index contributed by atoms with van der Waals surface area (Å²) in [7, 11) is 0. The van der Waals surface area contributed by atoms with E-state index in [9.17, 15) is 0 Å². The first-order chi connectivity index (χ1) is 9.13. The Hall–Kier alpha value is -0.670. The highest BCUT2D eigenvalue weighted by Gasteiger charge is 2.05. The van der Waals surface area contributed by atoms with Gasteiger partial charge >= 0.3 is 0 Å². The molecule has 2 aromatic carbocycles. The van der Waals surface area contributed by atoms with Crippen molar-refractivity contribution in [2.75, 3.05) is 5.75 Å². The maximum absolute atomic E-state index is 6.14. The van der Waals surface area contributed by atoms with Crippen molar-refractivity contribution >= 4 is 35.0 Å². The Morgan fingerprint density at radius 1 is 1.00 bits per heavy atom. The molecule has 1 nitrogen and oxygen atoms in total. The first kappa shape index (κ1) is 14.7. The van der Waals surface area contributed by atoms with Gasteiger partial charge in [0.15, 0.2) is 0 Å². The topological polar surface area (TPSA) is 26.0 Å². The van der Waals surface area contributed by atoms with Crippen LogP contribution in [0.1, 0.15) is 5.56 Å². The predicted octanol–water partition coefficient (Wildman–Crippen LogP) is 4.66. The van der Waals surface area contributed by atoms with E-state index in [1.54, 1.807) is 11.8 Å². The molecule has 0 amide bonds. The molecule has 2 rings (SSSR count). The van der Waals surface area contributed by atoms with Crippen molar-refractivity contribution in [3.8, 4) is 0 Å². The smallest absolute Gasteiger partial charge is 0.0408 e. The van der Waals surface area contributed by atoms with Gasteiger partial charge in [-0.05, 0) is 48.4 Å². The molecule has 1 atom stereocenters. The van der Waals surface area contributed by atoms with Gasteiger partial charge in [0.2, 0.25) is 0 Å². The normalized spacial score (nSPS) is 12.4. The molecular weight excluding hydrogens is 297 g/mol. The van der Waals surface area contributed by atoms with Crippen molar-refractivity contribution in [2.45, 2.75) is 17.4 Å². The quantitative estimate of drug-likeness (QED) is 0.813. The van der Waals surface area contributed by atoms with Crippen LogP contribution in [0.2, 0.25) is 10.0 Å². The maximum Gasteiger partial charge on any atom is 0.0408 e. The minimum atomic E-state index is 0.110. The van der Waals surface area contributed by atoms with Crippen molar-refractivity contribution in [3.05, 3.63) is 64.1 Å². The monoisotopic (exact) mass is 311 g/mol. The van der Waals surface area contributed by atoms with Gasteiger partial charge in [0, 0.05) is 26.7 Å². The Balaban J connectivity index is 1.84. The van der Waals surface area contributed by atoms with Crippen LogP contribution in [0.5, 0.6) is 0 Å². The summed E-state index contributed by atoms with van der Waals surface area (Å²) in [6.07, 6.45) is 0.834. The van der Waals surface area contributed by atoms with E-state index in [2.05, 4.69) is 6.07 Å². The third-order valence-corrected chi connectivity index (χ3v) is 4.35. The lowest BCUT2D eigenvalue weighted by molar-refractivity contribution is 0.749. The molecule has 0 aliphatic rings. The van der Waals surface area contributed by atoms with E-state index in [-0.39, 0.29) is 6.04 Å². The fourth-order valence-electron chi connectivity index (χ4n) is 1.76. The van der Waals surface area contributed by atoms with Gasteiger partial charge in [-0.3, -0.25) is 0 Å². The number of rotatable bonds is 5. The molecule has 0 radical (unpaired) electrons. The predicted molar refractivity (Wildman–Crippen MR) is 85.3 cm³/mol. The zero-order valence-corrected chi connectivity index (χ0v) is 12.7. The Kier molecular flexibility index (Phi) is 5.59. The van der Waals surface area contributed by atoms with Crippen molar-refractivity contribution < 1.29 is 0 Å². The van der Waals surface area contributed by atoms with Crippen molar-refractivity contribution in [3.63, 3.8) is 0 Å². The summed E-state index contributed by atoms with van der Waals surface area (Å²) < 4.78 is 0. The Morgan fingerprint density at radius 3 is 2.42 bits per heavy atom. The number of halogens is 2. The molecule has 0 fully saturated rings. The number of benzene rings is 2. The molecule has 2 N–H and O–H groups in total. The van der Waals surface area contributed by atoms with E-state index < -0.39 is 0 Å². The van der Waals surface area contributed by atoms with Gasteiger partial charge in [0.05, 0.1) is 0 Å². The van der Waals surface area contributed by atoms with E-state index in [4.69, 9.17) is 28.9 Å². The molecule has 0 spiro atoms. The summed E-state index contributed by atoms with van der Waals surface area (Å²) in [6, 6.07) is 15.8. The summed E-state index contributed by atoms with van der Waals surface area (Å²) in [4.78, 5) is 1.19. The lowest BCUT2D eigenvalue weighted by Gasteiger charge is -2.11. The number of hydrogen-bond donors (Lipinski definition) is 1. The lowest BCUT2D eigenvalue weighted by atomic mass is 10.1. The van der Waals surface area contributed by atoms with Crippen LogP contribution in [-0.4, -0.2) is 11.8 Å². The van der Waals surface area contributed by atoms with Gasteiger partial charge < -0.3 is 5.73 Å². The molecule has 0 aliphatic carbocycles. The van der Waals surface area contributed by atoms with E-state index in [0.717, 1.165) is 22.2 Å². The minimum Gasteiger partial charge on any atom is -0.327 e. The standard InChI is InChI=1S/C15H15Cl2NS/c16-12-4-6-15(7-5-12)19-10-14(18)9-11-2-1-3-13(17)8-11/h1-8,14H,9-10,18H2. The van der Waals surface area contributed by atoms with Gasteiger partial charge in [-0.25, -0.2) is 0 Å². The summed E-state index contributed by atoms with van der Waals surface area (Å²) in [6.45, 7) is 0. The molecule has 1 unspecified atom stereocenters. The van der Waals surface area contributed by atoms with Crippen LogP contribution in [0, 0.1) is 0 Å². The van der Waals surface area contributed by atoms with Gasteiger partial charge in [-0.15, -0.1) is 11.8 Å². The zero-order valence-electron chi connectivity index (χ0n) is 10.4. The van der Waals surface area contributed by atoms with E-state index in [1.165, 1.54) is 10.5 Å². The molecule has 0 heterocycles. The van der Waals surface area contributed by atoms with Crippen LogP contribution in [0.25, 0.3) is 0 Å². The second-order valence-electron chi connectivity index (χ2n) is 4.36. The Bertz CT molecular complexity index is 528. The van der Waals surface area contributed by atoms with Gasteiger partial charge in [0.25, 0.3) is 0 Å². The molecule has 4 heteroatoms. The van der Waals surface area contributed by atoms with Crippen molar-refractivity contribution in [2.24, 2.45) is 5.73 Å². The molecule has 2 aromatic rings. The van der Waals surface area contributed by atoms with Crippen LogP contribution >= 0.6 is 35.0 Å². The first-order valence-electron chi connectivity index (χ1n) is 6.02. The molecular formula is C15H15Cl2NS. The second-order valence-corrected chi connectivity index (χ2v) is 6.33. The Labute approximate surface area is 128 Å². The number of hydrogen-bond acceptors (Lipinski definition) is 2. The van der Waals surface area contributed by atoms with Crippen LogP contribution < -0.4 is 5.73 Å². The van der Waals surface area contributed by atoms with Crippen molar-refractivity contribution in [1.82, 2.24) is 0 Å². The molecule has 0 aromatic heterocycles. The van der Waals surface area contributed by atoms with E-state index in [1.807, 2.05) is 42.5 Å². The van der Waals surface area contributed by atoms with E-state index >= 15 is 0 Å². The van der Waals surface area contributed by atoms with Gasteiger partial charge in [-0.2, -0.15) is 0 Å².